The van der Waals surface area contributed by atoms with E-state index in [1.165, 1.54) is 0 Å². The van der Waals surface area contributed by atoms with E-state index in [9.17, 15) is 9.59 Å². The minimum atomic E-state index is -0.558. The monoisotopic (exact) mass is 479 g/mol. The highest BCUT2D eigenvalue weighted by atomic mass is 16.5. The normalized spacial score (nSPS) is 11.3. The highest BCUT2D eigenvalue weighted by Crippen LogP contribution is 2.21. The molecule has 2 amide bonds. The third-order valence-electron chi connectivity index (χ3n) is 5.41. The van der Waals surface area contributed by atoms with Gasteiger partial charge in [0.15, 0.2) is 0 Å². The molecular formula is C29H25N3O4. The van der Waals surface area contributed by atoms with Crippen molar-refractivity contribution in [2.75, 3.05) is 14.2 Å². The summed E-state index contributed by atoms with van der Waals surface area (Å²) < 4.78 is 10.4. The second kappa shape index (κ2) is 11.5. The van der Waals surface area contributed by atoms with Crippen molar-refractivity contribution in [2.24, 2.45) is 5.10 Å². The van der Waals surface area contributed by atoms with Gasteiger partial charge in [0.2, 0.25) is 0 Å². The highest BCUT2D eigenvalue weighted by molar-refractivity contribution is 6.05. The molecule has 0 heterocycles. The molecule has 0 radical (unpaired) electrons. The van der Waals surface area contributed by atoms with Gasteiger partial charge in [-0.15, -0.1) is 0 Å². The number of hydrogen-bond acceptors (Lipinski definition) is 5. The SMILES string of the molecule is COc1ccc(/C=C(\NC(=O)c2ccccc2)C(=O)N/N=C/c2ccc3cc(OC)ccc3c2)cc1. The fraction of sp³-hybridized carbons (Fsp3) is 0.0690. The molecule has 7 heteroatoms. The zero-order chi connectivity index (χ0) is 25.3. The number of rotatable bonds is 8. The zero-order valence-electron chi connectivity index (χ0n) is 19.9. The van der Waals surface area contributed by atoms with E-state index in [1.54, 1.807) is 75.0 Å². The van der Waals surface area contributed by atoms with Crippen molar-refractivity contribution in [2.45, 2.75) is 0 Å². The number of benzene rings is 4. The first-order chi connectivity index (χ1) is 17.6. The van der Waals surface area contributed by atoms with Crippen molar-refractivity contribution in [3.8, 4) is 11.5 Å². The lowest BCUT2D eigenvalue weighted by Gasteiger charge is -2.09. The number of nitrogens with one attached hydrogen (secondary N) is 2. The Kier molecular flexibility index (Phi) is 7.73. The van der Waals surface area contributed by atoms with Gasteiger partial charge in [-0.3, -0.25) is 9.59 Å². The topological polar surface area (TPSA) is 89.0 Å². The van der Waals surface area contributed by atoms with Gasteiger partial charge in [0.25, 0.3) is 11.8 Å². The highest BCUT2D eigenvalue weighted by Gasteiger charge is 2.14. The summed E-state index contributed by atoms with van der Waals surface area (Å²) >= 11 is 0. The number of hydrogen-bond donors (Lipinski definition) is 2. The summed E-state index contributed by atoms with van der Waals surface area (Å²) in [6.07, 6.45) is 3.13. The van der Waals surface area contributed by atoms with Crippen LogP contribution in [0, 0.1) is 0 Å². The van der Waals surface area contributed by atoms with Crippen molar-refractivity contribution < 1.29 is 19.1 Å². The van der Waals surface area contributed by atoms with E-state index in [4.69, 9.17) is 9.47 Å². The first-order valence-electron chi connectivity index (χ1n) is 11.2. The van der Waals surface area contributed by atoms with Gasteiger partial charge in [-0.2, -0.15) is 5.10 Å². The zero-order valence-corrected chi connectivity index (χ0v) is 19.9. The first kappa shape index (κ1) is 24.2. The number of fused-ring (bicyclic) bond motifs is 1. The number of hydrazone groups is 1. The minimum absolute atomic E-state index is 0.0526. The van der Waals surface area contributed by atoms with Gasteiger partial charge < -0.3 is 14.8 Å². The van der Waals surface area contributed by atoms with Crippen LogP contribution in [0.5, 0.6) is 11.5 Å². The summed E-state index contributed by atoms with van der Waals surface area (Å²) in [7, 11) is 3.21. The Labute approximate surface area is 209 Å². The van der Waals surface area contributed by atoms with Crippen molar-refractivity contribution in [1.82, 2.24) is 10.7 Å². The first-order valence-corrected chi connectivity index (χ1v) is 11.2. The average Bonchev–Trinajstić information content (AvgIpc) is 2.93. The summed E-state index contributed by atoms with van der Waals surface area (Å²) in [5.41, 5.74) is 4.50. The fourth-order valence-electron chi connectivity index (χ4n) is 3.48. The molecule has 0 bridgehead atoms. The molecule has 2 N–H and O–H groups in total. The van der Waals surface area contributed by atoms with Gasteiger partial charge in [-0.25, -0.2) is 5.43 Å². The van der Waals surface area contributed by atoms with Gasteiger partial charge in [0.1, 0.15) is 17.2 Å². The van der Waals surface area contributed by atoms with Crippen LogP contribution in [-0.2, 0) is 4.79 Å². The molecule has 4 aromatic rings. The van der Waals surface area contributed by atoms with Crippen LogP contribution < -0.4 is 20.2 Å². The molecular weight excluding hydrogens is 454 g/mol. The van der Waals surface area contributed by atoms with E-state index in [0.717, 1.165) is 22.1 Å². The maximum atomic E-state index is 13.0. The van der Waals surface area contributed by atoms with Crippen LogP contribution in [-0.4, -0.2) is 32.2 Å². The quantitative estimate of drug-likeness (QED) is 0.216. The molecule has 0 saturated heterocycles. The van der Waals surface area contributed by atoms with Crippen LogP contribution in [0.15, 0.2) is 102 Å². The molecule has 0 aliphatic carbocycles. The Morgan fingerprint density at radius 1 is 0.750 bits per heavy atom. The molecule has 0 aromatic heterocycles. The van der Waals surface area contributed by atoms with E-state index in [1.807, 2.05) is 42.5 Å². The largest absolute Gasteiger partial charge is 0.497 e. The molecule has 0 aliphatic heterocycles. The van der Waals surface area contributed by atoms with E-state index < -0.39 is 11.8 Å². The molecule has 4 rings (SSSR count). The predicted octanol–water partition coefficient (Wildman–Crippen LogP) is 4.78. The van der Waals surface area contributed by atoms with Crippen LogP contribution in [0.3, 0.4) is 0 Å². The second-order valence-electron chi connectivity index (χ2n) is 7.82. The van der Waals surface area contributed by atoms with E-state index in [-0.39, 0.29) is 5.70 Å². The lowest BCUT2D eigenvalue weighted by atomic mass is 10.1. The summed E-state index contributed by atoms with van der Waals surface area (Å²) in [5.74, 6) is 0.506. The number of methoxy groups -OCH3 is 2. The smallest absolute Gasteiger partial charge is 0.287 e. The molecule has 4 aromatic carbocycles. The summed E-state index contributed by atoms with van der Waals surface area (Å²) in [6.45, 7) is 0. The molecule has 0 aliphatic rings. The molecule has 0 atom stereocenters. The summed E-state index contributed by atoms with van der Waals surface area (Å²) in [4.78, 5) is 25.7. The number of ether oxygens (including phenoxy) is 2. The Balaban J connectivity index is 1.52. The summed E-state index contributed by atoms with van der Waals surface area (Å²) in [6, 6.07) is 27.4. The molecule has 0 fully saturated rings. The van der Waals surface area contributed by atoms with Crippen LogP contribution in [0.2, 0.25) is 0 Å². The van der Waals surface area contributed by atoms with E-state index in [2.05, 4.69) is 15.8 Å². The summed E-state index contributed by atoms with van der Waals surface area (Å²) in [5, 5.41) is 8.82. The van der Waals surface area contributed by atoms with Crippen molar-refractivity contribution in [3.05, 3.63) is 113 Å². The number of carbonyl (C=O) groups excluding carboxylic acids is 2. The second-order valence-corrected chi connectivity index (χ2v) is 7.82. The molecule has 180 valence electrons. The maximum absolute atomic E-state index is 13.0. The van der Waals surface area contributed by atoms with Crippen molar-refractivity contribution >= 4 is 34.9 Å². The lowest BCUT2D eigenvalue weighted by Crippen LogP contribution is -2.32. The van der Waals surface area contributed by atoms with E-state index in [0.29, 0.717) is 16.9 Å². The van der Waals surface area contributed by atoms with Crippen LogP contribution in [0.1, 0.15) is 21.5 Å². The maximum Gasteiger partial charge on any atom is 0.287 e. The number of amides is 2. The van der Waals surface area contributed by atoms with Crippen LogP contribution in [0.25, 0.3) is 16.8 Å². The van der Waals surface area contributed by atoms with Crippen molar-refractivity contribution in [3.63, 3.8) is 0 Å². The Hall–Kier alpha value is -4.91. The van der Waals surface area contributed by atoms with E-state index >= 15 is 0 Å². The molecule has 7 nitrogen and oxygen atoms in total. The Morgan fingerprint density at radius 2 is 1.39 bits per heavy atom. The minimum Gasteiger partial charge on any atom is -0.497 e. The third kappa shape index (κ3) is 6.15. The lowest BCUT2D eigenvalue weighted by molar-refractivity contribution is -0.117. The molecule has 0 saturated carbocycles. The van der Waals surface area contributed by atoms with Gasteiger partial charge in [0.05, 0.1) is 20.4 Å². The third-order valence-corrected chi connectivity index (χ3v) is 5.41. The van der Waals surface area contributed by atoms with Gasteiger partial charge in [0, 0.05) is 5.56 Å². The van der Waals surface area contributed by atoms with Crippen molar-refractivity contribution in [1.29, 1.82) is 0 Å². The standard InChI is InChI=1S/C29H25N3O4/c1-35-25-13-9-20(10-14-25)17-27(31-28(33)22-6-4-3-5-7-22)29(34)32-30-19-21-8-11-24-18-26(36-2)15-12-23(24)16-21/h3-19H,1-2H3,(H,31,33)(H,32,34)/b27-17-,30-19+. The number of carbonyl (C=O) groups is 2. The van der Waals surface area contributed by atoms with Gasteiger partial charge >= 0.3 is 0 Å². The fourth-order valence-corrected chi connectivity index (χ4v) is 3.48. The molecule has 0 spiro atoms. The molecule has 0 unspecified atom stereocenters. The predicted molar refractivity (Wildman–Crippen MR) is 141 cm³/mol. The van der Waals surface area contributed by atoms with Gasteiger partial charge in [-0.05, 0) is 70.4 Å². The Morgan fingerprint density at radius 3 is 2.11 bits per heavy atom. The molecule has 36 heavy (non-hydrogen) atoms. The van der Waals surface area contributed by atoms with Gasteiger partial charge in [-0.1, -0.05) is 48.5 Å². The van der Waals surface area contributed by atoms with Crippen LogP contribution in [0.4, 0.5) is 0 Å². The van der Waals surface area contributed by atoms with Crippen LogP contribution >= 0.6 is 0 Å². The average molecular weight is 480 g/mol. The Bertz CT molecular complexity index is 1430. The number of nitrogens with zero attached hydrogens (tertiary/aromatic N) is 1.